The molecule has 0 bridgehead atoms. The van der Waals surface area contributed by atoms with Crippen molar-refractivity contribution >= 4 is 11.8 Å². The summed E-state index contributed by atoms with van der Waals surface area (Å²) in [4.78, 5) is 23.4. The van der Waals surface area contributed by atoms with Crippen LogP contribution in [0.5, 0.6) is 0 Å². The van der Waals surface area contributed by atoms with E-state index in [2.05, 4.69) is 17.6 Å². The van der Waals surface area contributed by atoms with E-state index in [1.807, 2.05) is 20.8 Å². The molecule has 0 rings (SSSR count). The SMILES string of the molecule is CCCCCCCC(=O)N[C@@H](C)C(=O)NC(C)(C)C. The van der Waals surface area contributed by atoms with Gasteiger partial charge in [-0.2, -0.15) is 0 Å². The van der Waals surface area contributed by atoms with Gasteiger partial charge in [-0.15, -0.1) is 0 Å². The summed E-state index contributed by atoms with van der Waals surface area (Å²) in [6.07, 6.45) is 6.12. The van der Waals surface area contributed by atoms with E-state index in [9.17, 15) is 9.59 Å². The highest BCUT2D eigenvalue weighted by Crippen LogP contribution is 2.05. The number of nitrogens with one attached hydrogen (secondary N) is 2. The lowest BCUT2D eigenvalue weighted by Crippen LogP contribution is -2.50. The maximum atomic E-state index is 11.8. The summed E-state index contributed by atoms with van der Waals surface area (Å²) in [7, 11) is 0. The third-order valence-corrected chi connectivity index (χ3v) is 2.78. The van der Waals surface area contributed by atoms with Gasteiger partial charge in [0.25, 0.3) is 0 Å². The molecule has 4 nitrogen and oxygen atoms in total. The Morgan fingerprint density at radius 1 is 1.05 bits per heavy atom. The molecule has 19 heavy (non-hydrogen) atoms. The Labute approximate surface area is 117 Å². The van der Waals surface area contributed by atoms with Gasteiger partial charge in [-0.25, -0.2) is 0 Å². The van der Waals surface area contributed by atoms with Crippen LogP contribution < -0.4 is 10.6 Å². The lowest BCUT2D eigenvalue weighted by Gasteiger charge is -2.23. The Bertz CT molecular complexity index is 282. The number of carbonyl (C=O) groups excluding carboxylic acids is 2. The highest BCUT2D eigenvalue weighted by atomic mass is 16.2. The predicted octanol–water partition coefficient (Wildman–Crippen LogP) is 2.77. The molecule has 0 aliphatic carbocycles. The summed E-state index contributed by atoms with van der Waals surface area (Å²) in [6.45, 7) is 9.66. The first kappa shape index (κ1) is 17.9. The molecule has 1 atom stereocenters. The molecule has 0 unspecified atom stereocenters. The maximum absolute atomic E-state index is 11.8. The Kier molecular flexibility index (Phi) is 8.44. The third kappa shape index (κ3) is 10.5. The minimum absolute atomic E-state index is 0.0342. The third-order valence-electron chi connectivity index (χ3n) is 2.78. The van der Waals surface area contributed by atoms with Crippen LogP contribution in [0.3, 0.4) is 0 Å². The fourth-order valence-corrected chi connectivity index (χ4v) is 1.75. The van der Waals surface area contributed by atoms with Crippen molar-refractivity contribution in [1.82, 2.24) is 10.6 Å². The Morgan fingerprint density at radius 2 is 1.63 bits per heavy atom. The first-order valence-corrected chi connectivity index (χ1v) is 7.37. The molecule has 0 saturated heterocycles. The second-order valence-electron chi connectivity index (χ2n) is 6.19. The van der Waals surface area contributed by atoms with Gasteiger partial charge in [-0.3, -0.25) is 9.59 Å². The molecule has 0 aromatic heterocycles. The van der Waals surface area contributed by atoms with Crippen molar-refractivity contribution in [3.63, 3.8) is 0 Å². The van der Waals surface area contributed by atoms with Crippen molar-refractivity contribution in [3.8, 4) is 0 Å². The van der Waals surface area contributed by atoms with Crippen LogP contribution in [-0.2, 0) is 9.59 Å². The molecule has 4 heteroatoms. The zero-order valence-electron chi connectivity index (χ0n) is 13.1. The number of unbranched alkanes of at least 4 members (excludes halogenated alkanes) is 4. The Morgan fingerprint density at radius 3 is 2.16 bits per heavy atom. The zero-order chi connectivity index (χ0) is 14.9. The molecule has 112 valence electrons. The summed E-state index contributed by atoms with van der Waals surface area (Å²) >= 11 is 0. The van der Waals surface area contributed by atoms with Gasteiger partial charge in [0.15, 0.2) is 0 Å². The van der Waals surface area contributed by atoms with E-state index in [1.54, 1.807) is 6.92 Å². The fraction of sp³-hybridized carbons (Fsp3) is 0.867. The second-order valence-corrected chi connectivity index (χ2v) is 6.19. The van der Waals surface area contributed by atoms with Gasteiger partial charge in [0.2, 0.25) is 11.8 Å². The quantitative estimate of drug-likeness (QED) is 0.666. The first-order chi connectivity index (χ1) is 8.76. The topological polar surface area (TPSA) is 58.2 Å². The number of carbonyl (C=O) groups is 2. The van der Waals surface area contributed by atoms with Crippen molar-refractivity contribution in [2.75, 3.05) is 0 Å². The molecule has 0 radical (unpaired) electrons. The molecule has 0 fully saturated rings. The van der Waals surface area contributed by atoms with E-state index in [4.69, 9.17) is 0 Å². The molecule has 2 N–H and O–H groups in total. The molecular weight excluding hydrogens is 240 g/mol. The standard InChI is InChI=1S/C15H30N2O2/c1-6-7-8-9-10-11-13(18)16-12(2)14(19)17-15(3,4)5/h12H,6-11H2,1-5H3,(H,16,18)(H,17,19)/t12-/m0/s1. The van der Waals surface area contributed by atoms with Gasteiger partial charge in [0, 0.05) is 12.0 Å². The molecule has 0 saturated carbocycles. The number of rotatable bonds is 8. The minimum Gasteiger partial charge on any atom is -0.350 e. The van der Waals surface area contributed by atoms with Crippen molar-refractivity contribution in [3.05, 3.63) is 0 Å². The number of hydrogen-bond acceptors (Lipinski definition) is 2. The van der Waals surface area contributed by atoms with Crippen LogP contribution >= 0.6 is 0 Å². The number of hydrogen-bond donors (Lipinski definition) is 2. The van der Waals surface area contributed by atoms with Gasteiger partial charge < -0.3 is 10.6 Å². The van der Waals surface area contributed by atoms with Crippen molar-refractivity contribution in [2.45, 2.75) is 84.7 Å². The largest absolute Gasteiger partial charge is 0.350 e. The first-order valence-electron chi connectivity index (χ1n) is 7.37. The second kappa shape index (κ2) is 8.94. The van der Waals surface area contributed by atoms with Gasteiger partial charge in [-0.1, -0.05) is 32.6 Å². The maximum Gasteiger partial charge on any atom is 0.242 e. The average Bonchev–Trinajstić information content (AvgIpc) is 2.26. The normalized spacial score (nSPS) is 12.9. The zero-order valence-corrected chi connectivity index (χ0v) is 13.1. The lowest BCUT2D eigenvalue weighted by molar-refractivity contribution is -0.129. The Balaban J connectivity index is 3.83. The summed E-state index contributed by atoms with van der Waals surface area (Å²) in [5.41, 5.74) is -0.268. The van der Waals surface area contributed by atoms with Crippen LogP contribution in [0.15, 0.2) is 0 Å². The molecule has 0 aliphatic heterocycles. The van der Waals surface area contributed by atoms with Crippen LogP contribution in [0, 0.1) is 0 Å². The predicted molar refractivity (Wildman–Crippen MR) is 78.9 cm³/mol. The van der Waals surface area contributed by atoms with Gasteiger partial charge in [-0.05, 0) is 34.1 Å². The van der Waals surface area contributed by atoms with Gasteiger partial charge >= 0.3 is 0 Å². The van der Waals surface area contributed by atoms with E-state index in [-0.39, 0.29) is 17.4 Å². The van der Waals surface area contributed by atoms with Crippen LogP contribution in [0.25, 0.3) is 0 Å². The highest BCUT2D eigenvalue weighted by Gasteiger charge is 2.20. The van der Waals surface area contributed by atoms with Gasteiger partial charge in [0.05, 0.1) is 0 Å². The van der Waals surface area contributed by atoms with Crippen molar-refractivity contribution in [2.24, 2.45) is 0 Å². The van der Waals surface area contributed by atoms with Crippen molar-refractivity contribution in [1.29, 1.82) is 0 Å². The number of amides is 2. The van der Waals surface area contributed by atoms with E-state index in [0.29, 0.717) is 6.42 Å². The molecule has 0 aromatic carbocycles. The Hall–Kier alpha value is -1.06. The van der Waals surface area contributed by atoms with Crippen LogP contribution in [0.2, 0.25) is 0 Å². The van der Waals surface area contributed by atoms with Crippen LogP contribution in [-0.4, -0.2) is 23.4 Å². The highest BCUT2D eigenvalue weighted by molar-refractivity contribution is 5.87. The van der Waals surface area contributed by atoms with Gasteiger partial charge in [0.1, 0.15) is 6.04 Å². The van der Waals surface area contributed by atoms with E-state index < -0.39 is 6.04 Å². The summed E-state index contributed by atoms with van der Waals surface area (Å²) in [5, 5.41) is 5.60. The fourth-order valence-electron chi connectivity index (χ4n) is 1.75. The lowest BCUT2D eigenvalue weighted by atomic mass is 10.1. The van der Waals surface area contributed by atoms with Crippen LogP contribution in [0.1, 0.15) is 73.1 Å². The van der Waals surface area contributed by atoms with Crippen molar-refractivity contribution < 1.29 is 9.59 Å². The molecule has 0 aliphatic rings. The van der Waals surface area contributed by atoms with Crippen LogP contribution in [0.4, 0.5) is 0 Å². The molecule has 0 aromatic rings. The minimum atomic E-state index is -0.470. The van der Waals surface area contributed by atoms with E-state index in [0.717, 1.165) is 12.8 Å². The summed E-state index contributed by atoms with van der Waals surface area (Å²) in [6, 6.07) is -0.470. The summed E-state index contributed by atoms with van der Waals surface area (Å²) in [5.74, 6) is -0.167. The van der Waals surface area contributed by atoms with E-state index in [1.165, 1.54) is 19.3 Å². The molecule has 0 spiro atoms. The summed E-state index contributed by atoms with van der Waals surface area (Å²) < 4.78 is 0. The molecule has 2 amide bonds. The average molecular weight is 270 g/mol. The van der Waals surface area contributed by atoms with E-state index >= 15 is 0 Å². The molecule has 0 heterocycles. The smallest absolute Gasteiger partial charge is 0.242 e. The monoisotopic (exact) mass is 270 g/mol. The molecular formula is C15H30N2O2.